The molecule has 0 bridgehead atoms. The average molecular weight is 429 g/mol. The van der Waals surface area contributed by atoms with Crippen LogP contribution in [0, 0.1) is 13.8 Å². The van der Waals surface area contributed by atoms with Gasteiger partial charge in [-0.05, 0) is 71.9 Å². The van der Waals surface area contributed by atoms with E-state index in [1.165, 1.54) is 45.4 Å². The highest BCUT2D eigenvalue weighted by Crippen LogP contribution is 2.35. The summed E-state index contributed by atoms with van der Waals surface area (Å²) in [5.74, 6) is 0.704. The summed E-state index contributed by atoms with van der Waals surface area (Å²) in [7, 11) is 0. The largest absolute Gasteiger partial charge is 0.0955 e. The molecule has 0 spiro atoms. The molecular weight excluding hydrogens is 384 g/mol. The minimum atomic E-state index is 0. The van der Waals surface area contributed by atoms with E-state index in [-0.39, 0.29) is 12.8 Å². The Balaban J connectivity index is 0.000000364. The van der Waals surface area contributed by atoms with E-state index in [4.69, 9.17) is 0 Å². The maximum atomic E-state index is 4.00. The molecule has 0 nitrogen and oxygen atoms in total. The van der Waals surface area contributed by atoms with Gasteiger partial charge in [0.05, 0.1) is 0 Å². The van der Waals surface area contributed by atoms with Gasteiger partial charge in [-0.2, -0.15) is 0 Å². The van der Waals surface area contributed by atoms with E-state index in [9.17, 15) is 0 Å². The monoisotopic (exact) mass is 428 g/mol. The molecule has 1 unspecified atom stereocenters. The summed E-state index contributed by atoms with van der Waals surface area (Å²) in [5, 5.41) is 0. The molecule has 0 aliphatic carbocycles. The zero-order chi connectivity index (χ0) is 23.2. The molecule has 1 atom stereocenters. The first kappa shape index (κ1) is 27.4. The van der Waals surface area contributed by atoms with Crippen molar-refractivity contribution in [1.82, 2.24) is 0 Å². The molecular formula is C32H44. The Bertz CT molecular complexity index is 980. The molecule has 0 heteroatoms. The lowest BCUT2D eigenvalue weighted by Crippen LogP contribution is -2.13. The standard InChI is InChI=1S/C20H24.C11H16.CH4/c1-14(2)16-10-12-17(13-11-16)19-15(3)8-7-9-18(19)20(4,5)6;1-4-10(3)11-7-5-9(2)6-8-11;/h7-13H,1H2,2-6H3;5-8,10H,4H2,1-3H3;1H4. The fraction of sp³-hybridized carbons (Fsp3) is 0.375. The fourth-order valence-electron chi connectivity index (χ4n) is 3.73. The maximum Gasteiger partial charge on any atom is -0.0117 e. The molecule has 32 heavy (non-hydrogen) atoms. The molecule has 0 N–H and O–H groups in total. The van der Waals surface area contributed by atoms with Crippen LogP contribution < -0.4 is 0 Å². The molecule has 3 aromatic carbocycles. The molecule has 0 aromatic heterocycles. The van der Waals surface area contributed by atoms with Gasteiger partial charge in [0.1, 0.15) is 0 Å². The van der Waals surface area contributed by atoms with Crippen LogP contribution in [0.25, 0.3) is 16.7 Å². The second-order valence-electron chi connectivity index (χ2n) is 9.83. The maximum absolute atomic E-state index is 4.00. The second kappa shape index (κ2) is 11.9. The minimum Gasteiger partial charge on any atom is -0.0955 e. The topological polar surface area (TPSA) is 0 Å². The lowest BCUT2D eigenvalue weighted by molar-refractivity contribution is 0.591. The summed E-state index contributed by atoms with van der Waals surface area (Å²) in [4.78, 5) is 0. The van der Waals surface area contributed by atoms with Gasteiger partial charge in [0, 0.05) is 0 Å². The first-order valence-corrected chi connectivity index (χ1v) is 11.5. The van der Waals surface area contributed by atoms with E-state index in [0.29, 0.717) is 5.92 Å². The van der Waals surface area contributed by atoms with Crippen molar-refractivity contribution in [3.63, 3.8) is 0 Å². The molecule has 3 aromatic rings. The lowest BCUT2D eigenvalue weighted by Gasteiger charge is -2.24. The molecule has 172 valence electrons. The van der Waals surface area contributed by atoms with Crippen LogP contribution in [-0.4, -0.2) is 0 Å². The molecule has 0 radical (unpaired) electrons. The van der Waals surface area contributed by atoms with E-state index in [0.717, 1.165) is 5.57 Å². The van der Waals surface area contributed by atoms with Gasteiger partial charge in [-0.3, -0.25) is 0 Å². The van der Waals surface area contributed by atoms with Gasteiger partial charge < -0.3 is 0 Å². The first-order valence-electron chi connectivity index (χ1n) is 11.5. The minimum absolute atomic E-state index is 0. The van der Waals surface area contributed by atoms with Crippen molar-refractivity contribution >= 4 is 5.57 Å². The van der Waals surface area contributed by atoms with Crippen molar-refractivity contribution in [1.29, 1.82) is 0 Å². The summed E-state index contributed by atoms with van der Waals surface area (Å²) in [6.45, 7) is 21.7. The van der Waals surface area contributed by atoms with E-state index >= 15 is 0 Å². The molecule has 3 rings (SSSR count). The summed E-state index contributed by atoms with van der Waals surface area (Å²) in [5.41, 5.74) is 10.7. The van der Waals surface area contributed by atoms with Crippen LogP contribution in [0.4, 0.5) is 0 Å². The quantitative estimate of drug-likeness (QED) is 0.387. The third-order valence-electron chi connectivity index (χ3n) is 6.01. The van der Waals surface area contributed by atoms with E-state index in [2.05, 4.69) is 122 Å². The van der Waals surface area contributed by atoms with E-state index in [1.807, 2.05) is 6.92 Å². The SMILES string of the molecule is C.C=C(C)c1ccc(-c2c(C)cccc2C(C)(C)C)cc1.CCC(C)c1ccc(C)cc1. The summed E-state index contributed by atoms with van der Waals surface area (Å²) >= 11 is 0. The van der Waals surface area contributed by atoms with Gasteiger partial charge in [0.2, 0.25) is 0 Å². The number of hydrogen-bond acceptors (Lipinski definition) is 0. The Morgan fingerprint density at radius 1 is 0.875 bits per heavy atom. The second-order valence-corrected chi connectivity index (χ2v) is 9.83. The smallest absolute Gasteiger partial charge is 0.0117 e. The normalized spacial score (nSPS) is 11.6. The Kier molecular flexibility index (Phi) is 10.2. The number of allylic oxidation sites excluding steroid dienone is 1. The molecule has 0 aliphatic rings. The van der Waals surface area contributed by atoms with E-state index in [1.54, 1.807) is 0 Å². The van der Waals surface area contributed by atoms with Crippen LogP contribution in [0.15, 0.2) is 73.3 Å². The Labute approximate surface area is 198 Å². The third-order valence-corrected chi connectivity index (χ3v) is 6.01. The van der Waals surface area contributed by atoms with Crippen molar-refractivity contribution in [2.45, 2.75) is 80.6 Å². The van der Waals surface area contributed by atoms with Crippen molar-refractivity contribution in [2.75, 3.05) is 0 Å². The van der Waals surface area contributed by atoms with Crippen LogP contribution >= 0.6 is 0 Å². The Morgan fingerprint density at radius 3 is 1.91 bits per heavy atom. The number of hydrogen-bond donors (Lipinski definition) is 0. The molecule has 0 amide bonds. The number of benzene rings is 3. The number of aryl methyl sites for hydroxylation is 2. The summed E-state index contributed by atoms with van der Waals surface area (Å²) < 4.78 is 0. The van der Waals surface area contributed by atoms with Gasteiger partial charge in [-0.15, -0.1) is 0 Å². The highest BCUT2D eigenvalue weighted by Gasteiger charge is 2.19. The Hall–Kier alpha value is -2.60. The molecule has 0 aliphatic heterocycles. The van der Waals surface area contributed by atoms with Crippen LogP contribution in [0.5, 0.6) is 0 Å². The fourth-order valence-corrected chi connectivity index (χ4v) is 3.73. The molecule has 0 fully saturated rings. The van der Waals surface area contributed by atoms with E-state index < -0.39 is 0 Å². The highest BCUT2D eigenvalue weighted by molar-refractivity contribution is 5.74. The molecule has 0 saturated heterocycles. The lowest BCUT2D eigenvalue weighted by atomic mass is 9.80. The third kappa shape index (κ3) is 7.23. The molecule has 0 saturated carbocycles. The van der Waals surface area contributed by atoms with Crippen LogP contribution in [0.3, 0.4) is 0 Å². The van der Waals surface area contributed by atoms with Crippen LogP contribution in [-0.2, 0) is 5.41 Å². The average Bonchev–Trinajstić information content (AvgIpc) is 2.73. The van der Waals surface area contributed by atoms with Crippen LogP contribution in [0.1, 0.15) is 89.1 Å². The van der Waals surface area contributed by atoms with Crippen molar-refractivity contribution in [3.8, 4) is 11.1 Å². The first-order chi connectivity index (χ1) is 14.5. The number of rotatable bonds is 4. The highest BCUT2D eigenvalue weighted by atomic mass is 14.2. The van der Waals surface area contributed by atoms with Crippen molar-refractivity contribution in [3.05, 3.63) is 101 Å². The van der Waals surface area contributed by atoms with Crippen molar-refractivity contribution < 1.29 is 0 Å². The Morgan fingerprint density at radius 2 is 1.44 bits per heavy atom. The summed E-state index contributed by atoms with van der Waals surface area (Å²) in [6.07, 6.45) is 1.23. The zero-order valence-electron chi connectivity index (χ0n) is 20.8. The van der Waals surface area contributed by atoms with Crippen molar-refractivity contribution in [2.24, 2.45) is 0 Å². The predicted octanol–water partition coefficient (Wildman–Crippen LogP) is 10.1. The van der Waals surface area contributed by atoms with Gasteiger partial charge >= 0.3 is 0 Å². The molecule has 0 heterocycles. The van der Waals surface area contributed by atoms with Gasteiger partial charge in [0.25, 0.3) is 0 Å². The van der Waals surface area contributed by atoms with Crippen LogP contribution in [0.2, 0.25) is 0 Å². The zero-order valence-corrected chi connectivity index (χ0v) is 20.8. The predicted molar refractivity (Wildman–Crippen MR) is 147 cm³/mol. The van der Waals surface area contributed by atoms with Gasteiger partial charge in [-0.25, -0.2) is 0 Å². The van der Waals surface area contributed by atoms with Gasteiger partial charge in [0.15, 0.2) is 0 Å². The summed E-state index contributed by atoms with van der Waals surface area (Å²) in [6, 6.07) is 24.2. The van der Waals surface area contributed by atoms with Gasteiger partial charge in [-0.1, -0.05) is 126 Å².